The number of hydrogen-bond donors (Lipinski definition) is 2. The summed E-state index contributed by atoms with van der Waals surface area (Å²) in [6.07, 6.45) is -5.23. The quantitative estimate of drug-likeness (QED) is 0.203. The lowest BCUT2D eigenvalue weighted by molar-refractivity contribution is -0.202. The second kappa shape index (κ2) is 10.1. The average molecular weight is 444 g/mol. The molecule has 9 nitrogen and oxygen atoms in total. The number of guanidine groups is 1. The molecule has 2 rings (SSSR count). The van der Waals surface area contributed by atoms with Crippen molar-refractivity contribution in [2.75, 3.05) is 24.6 Å². The summed E-state index contributed by atoms with van der Waals surface area (Å²) in [6.45, 7) is 2.74. The Morgan fingerprint density at radius 1 is 1.29 bits per heavy atom. The molecule has 0 bridgehead atoms. The third-order valence-electron chi connectivity index (χ3n) is 4.46. The maximum Gasteiger partial charge on any atom is 0.491 e. The fourth-order valence-electron chi connectivity index (χ4n) is 3.10. The van der Waals surface area contributed by atoms with E-state index in [-0.39, 0.29) is 18.9 Å². The second-order valence-corrected chi connectivity index (χ2v) is 6.75. The normalized spacial score (nSPS) is 15.8. The van der Waals surface area contributed by atoms with Gasteiger partial charge in [0.15, 0.2) is 5.96 Å². The summed E-state index contributed by atoms with van der Waals surface area (Å²) in [5.74, 6) is -4.88. The van der Waals surface area contributed by atoms with E-state index in [0.717, 1.165) is 0 Å². The monoisotopic (exact) mass is 444 g/mol. The fourth-order valence-corrected chi connectivity index (χ4v) is 3.10. The molecule has 1 aromatic rings. The number of ether oxygens (including phenoxy) is 2. The third-order valence-corrected chi connectivity index (χ3v) is 4.46. The Hall–Kier alpha value is -3.31. The Kier molecular flexibility index (Phi) is 7.83. The molecule has 0 fully saturated rings. The number of alkyl halides is 3. The van der Waals surface area contributed by atoms with Gasteiger partial charge < -0.3 is 25.8 Å². The highest BCUT2D eigenvalue weighted by molar-refractivity contribution is 6.00. The van der Waals surface area contributed by atoms with Crippen molar-refractivity contribution in [3.63, 3.8) is 0 Å². The first kappa shape index (κ1) is 24.0. The van der Waals surface area contributed by atoms with Crippen molar-refractivity contribution in [3.05, 3.63) is 23.8 Å². The van der Waals surface area contributed by atoms with Crippen molar-refractivity contribution < 1.29 is 37.0 Å². The van der Waals surface area contributed by atoms with Gasteiger partial charge in [-0.3, -0.25) is 14.6 Å². The SMILES string of the molecule is CCN1C(=O)C(CC(=O)OC(=O)C(F)(F)F)Cc2ccc(OCCCN=C(N)N)cc21. The van der Waals surface area contributed by atoms with Crippen LogP contribution in [0.5, 0.6) is 5.75 Å². The van der Waals surface area contributed by atoms with Gasteiger partial charge in [0, 0.05) is 25.6 Å². The summed E-state index contributed by atoms with van der Waals surface area (Å²) in [5.41, 5.74) is 11.8. The van der Waals surface area contributed by atoms with Crippen LogP contribution in [0.1, 0.15) is 25.3 Å². The zero-order chi connectivity index (χ0) is 23.2. The van der Waals surface area contributed by atoms with Gasteiger partial charge >= 0.3 is 18.1 Å². The van der Waals surface area contributed by atoms with Crippen LogP contribution in [0, 0.1) is 5.92 Å². The van der Waals surface area contributed by atoms with Crippen molar-refractivity contribution >= 4 is 29.5 Å². The lowest BCUT2D eigenvalue weighted by Gasteiger charge is -2.33. The van der Waals surface area contributed by atoms with Crippen LogP contribution in [-0.2, 0) is 25.5 Å². The number of benzene rings is 1. The van der Waals surface area contributed by atoms with E-state index in [2.05, 4.69) is 9.73 Å². The smallest absolute Gasteiger partial charge is 0.491 e. The highest BCUT2D eigenvalue weighted by Crippen LogP contribution is 2.35. The molecular formula is C19H23F3N4O5. The molecule has 1 aromatic carbocycles. The number of aliphatic imine (C=N–C) groups is 1. The maximum absolute atomic E-state index is 12.7. The first-order valence-electron chi connectivity index (χ1n) is 9.47. The largest absolute Gasteiger partial charge is 0.493 e. The topological polar surface area (TPSA) is 137 Å². The molecule has 1 atom stereocenters. The first-order valence-corrected chi connectivity index (χ1v) is 9.47. The van der Waals surface area contributed by atoms with Crippen molar-refractivity contribution in [2.45, 2.75) is 32.4 Å². The average Bonchev–Trinajstić information content (AvgIpc) is 2.67. The standard InChI is InChI=1S/C19H23F3N4O5/c1-2-26-14-10-13(30-7-3-6-25-18(23)24)5-4-11(14)8-12(16(26)28)9-15(27)31-17(29)19(20,21)22/h4-5,10,12H,2-3,6-9H2,1H3,(H4,23,24,25). The zero-order valence-electron chi connectivity index (χ0n) is 16.8. The molecule has 31 heavy (non-hydrogen) atoms. The number of fused-ring (bicyclic) bond motifs is 1. The van der Waals surface area contributed by atoms with Crippen molar-refractivity contribution in [3.8, 4) is 5.75 Å². The number of amides is 1. The van der Waals surface area contributed by atoms with Crippen LogP contribution in [0.2, 0.25) is 0 Å². The minimum atomic E-state index is -5.28. The van der Waals surface area contributed by atoms with Crippen LogP contribution < -0.4 is 21.1 Å². The van der Waals surface area contributed by atoms with Gasteiger partial charge in [-0.15, -0.1) is 0 Å². The maximum atomic E-state index is 12.7. The number of nitrogens with zero attached hydrogens (tertiary/aromatic N) is 2. The molecule has 4 N–H and O–H groups in total. The molecule has 1 aliphatic heterocycles. The van der Waals surface area contributed by atoms with Crippen molar-refractivity contribution in [2.24, 2.45) is 22.4 Å². The summed E-state index contributed by atoms with van der Waals surface area (Å²) in [6, 6.07) is 5.08. The highest BCUT2D eigenvalue weighted by Gasteiger charge is 2.43. The fraction of sp³-hybridized carbons (Fsp3) is 0.474. The van der Waals surface area contributed by atoms with E-state index in [4.69, 9.17) is 16.2 Å². The third kappa shape index (κ3) is 6.59. The van der Waals surface area contributed by atoms with Gasteiger partial charge in [0.05, 0.1) is 24.6 Å². The van der Waals surface area contributed by atoms with Crippen LogP contribution in [0.15, 0.2) is 23.2 Å². The van der Waals surface area contributed by atoms with E-state index >= 15 is 0 Å². The summed E-state index contributed by atoms with van der Waals surface area (Å²) < 4.78 is 46.2. The lowest BCUT2D eigenvalue weighted by Crippen LogP contribution is -2.42. The molecule has 1 amide bonds. The molecule has 0 saturated heterocycles. The van der Waals surface area contributed by atoms with Gasteiger partial charge in [-0.05, 0) is 25.0 Å². The van der Waals surface area contributed by atoms with E-state index in [1.54, 1.807) is 25.1 Å². The molecule has 12 heteroatoms. The summed E-state index contributed by atoms with van der Waals surface area (Å²) >= 11 is 0. The van der Waals surface area contributed by atoms with E-state index in [1.165, 1.54) is 4.90 Å². The van der Waals surface area contributed by atoms with Gasteiger partial charge in [0.2, 0.25) is 5.91 Å². The van der Waals surface area contributed by atoms with E-state index in [1.807, 2.05) is 0 Å². The number of hydrogen-bond acceptors (Lipinski definition) is 6. The highest BCUT2D eigenvalue weighted by atomic mass is 19.4. The van der Waals surface area contributed by atoms with Gasteiger partial charge in [-0.1, -0.05) is 6.07 Å². The number of esters is 2. The number of carbonyl (C=O) groups excluding carboxylic acids is 3. The van der Waals surface area contributed by atoms with Crippen molar-refractivity contribution in [1.82, 2.24) is 0 Å². The molecule has 0 aliphatic carbocycles. The molecule has 0 radical (unpaired) electrons. The van der Waals surface area contributed by atoms with E-state index in [9.17, 15) is 27.6 Å². The summed E-state index contributed by atoms with van der Waals surface area (Å²) in [5, 5.41) is 0. The Labute approximate surface area is 176 Å². The number of carbonyl (C=O) groups is 3. The number of nitrogens with two attached hydrogens (primary N) is 2. The van der Waals surface area contributed by atoms with Gasteiger partial charge in [-0.25, -0.2) is 4.79 Å². The van der Waals surface area contributed by atoms with E-state index < -0.39 is 36.4 Å². The second-order valence-electron chi connectivity index (χ2n) is 6.75. The van der Waals surface area contributed by atoms with Gasteiger partial charge in [0.1, 0.15) is 5.75 Å². The minimum absolute atomic E-state index is 0.00733. The number of rotatable bonds is 8. The molecule has 0 saturated carbocycles. The minimum Gasteiger partial charge on any atom is -0.493 e. The number of anilines is 1. The molecule has 1 aliphatic rings. The molecular weight excluding hydrogens is 421 g/mol. The lowest BCUT2D eigenvalue weighted by atomic mass is 9.89. The van der Waals surface area contributed by atoms with Crippen LogP contribution >= 0.6 is 0 Å². The first-order chi connectivity index (χ1) is 14.5. The predicted octanol–water partition coefficient (Wildman–Crippen LogP) is 1.28. The van der Waals surface area contributed by atoms with Crippen LogP contribution in [0.3, 0.4) is 0 Å². The Morgan fingerprint density at radius 2 is 2.00 bits per heavy atom. The van der Waals surface area contributed by atoms with Crippen LogP contribution in [0.25, 0.3) is 0 Å². The molecule has 1 heterocycles. The molecule has 0 aromatic heterocycles. The summed E-state index contributed by atoms with van der Waals surface area (Å²) in [7, 11) is 0. The van der Waals surface area contributed by atoms with Gasteiger partial charge in [0.25, 0.3) is 0 Å². The Morgan fingerprint density at radius 3 is 2.61 bits per heavy atom. The predicted molar refractivity (Wildman–Crippen MR) is 104 cm³/mol. The molecule has 1 unspecified atom stereocenters. The van der Waals surface area contributed by atoms with Crippen LogP contribution in [-0.4, -0.2) is 49.7 Å². The zero-order valence-corrected chi connectivity index (χ0v) is 16.8. The summed E-state index contributed by atoms with van der Waals surface area (Å²) in [4.78, 5) is 40.5. The van der Waals surface area contributed by atoms with E-state index in [0.29, 0.717) is 36.6 Å². The number of halogens is 3. The van der Waals surface area contributed by atoms with Crippen LogP contribution in [0.4, 0.5) is 18.9 Å². The molecule has 170 valence electrons. The van der Waals surface area contributed by atoms with Crippen molar-refractivity contribution in [1.29, 1.82) is 0 Å². The Bertz CT molecular complexity index is 869. The molecule has 0 spiro atoms. The van der Waals surface area contributed by atoms with Gasteiger partial charge in [-0.2, -0.15) is 13.2 Å². The Balaban J connectivity index is 2.05.